The van der Waals surface area contributed by atoms with Gasteiger partial charge in [0, 0.05) is 18.2 Å². The van der Waals surface area contributed by atoms with Gasteiger partial charge in [-0.1, -0.05) is 25.1 Å². The lowest BCUT2D eigenvalue weighted by molar-refractivity contribution is -0.139. The van der Waals surface area contributed by atoms with E-state index >= 15 is 0 Å². The molecular formula is C13H19NO3. The SMILES string of the molecule is CCC(C)N(CC(=O)O)Cc1ccccc1O. The standard InChI is InChI=1S/C13H19NO3/c1-3-10(2)14(9-13(16)17)8-11-6-4-5-7-12(11)15/h4-7,10,15H,3,8-9H2,1-2H3,(H,16,17). The van der Waals surface area contributed by atoms with Gasteiger partial charge in [-0.15, -0.1) is 0 Å². The van der Waals surface area contributed by atoms with Crippen molar-refractivity contribution in [1.29, 1.82) is 0 Å². The molecule has 1 aromatic carbocycles. The number of benzene rings is 1. The van der Waals surface area contributed by atoms with Crippen molar-refractivity contribution in [3.8, 4) is 5.75 Å². The summed E-state index contributed by atoms with van der Waals surface area (Å²) in [6.45, 7) is 4.45. The highest BCUT2D eigenvalue weighted by Gasteiger charge is 2.16. The maximum absolute atomic E-state index is 10.8. The minimum absolute atomic E-state index is 0.0106. The van der Waals surface area contributed by atoms with Gasteiger partial charge in [0.05, 0.1) is 6.54 Å². The quantitative estimate of drug-likeness (QED) is 0.795. The normalized spacial score (nSPS) is 12.6. The summed E-state index contributed by atoms with van der Waals surface area (Å²) < 4.78 is 0. The van der Waals surface area contributed by atoms with Crippen LogP contribution in [0, 0.1) is 0 Å². The smallest absolute Gasteiger partial charge is 0.317 e. The molecule has 0 aliphatic carbocycles. The molecular weight excluding hydrogens is 218 g/mol. The molecule has 0 aliphatic rings. The van der Waals surface area contributed by atoms with Crippen molar-refractivity contribution >= 4 is 5.97 Å². The monoisotopic (exact) mass is 237 g/mol. The van der Waals surface area contributed by atoms with Crippen LogP contribution in [0.3, 0.4) is 0 Å². The molecule has 0 bridgehead atoms. The van der Waals surface area contributed by atoms with Gasteiger partial charge in [0.25, 0.3) is 0 Å². The summed E-state index contributed by atoms with van der Waals surface area (Å²) in [7, 11) is 0. The molecule has 0 aromatic heterocycles. The van der Waals surface area contributed by atoms with Crippen molar-refractivity contribution in [3.05, 3.63) is 29.8 Å². The number of hydrogen-bond acceptors (Lipinski definition) is 3. The first-order valence-corrected chi connectivity index (χ1v) is 5.77. The lowest BCUT2D eigenvalue weighted by atomic mass is 10.1. The molecule has 2 N–H and O–H groups in total. The van der Waals surface area contributed by atoms with E-state index < -0.39 is 5.97 Å². The van der Waals surface area contributed by atoms with Crippen molar-refractivity contribution in [2.75, 3.05) is 6.54 Å². The topological polar surface area (TPSA) is 60.8 Å². The van der Waals surface area contributed by atoms with Crippen LogP contribution in [0.15, 0.2) is 24.3 Å². The third-order valence-corrected chi connectivity index (χ3v) is 2.92. The van der Waals surface area contributed by atoms with Gasteiger partial charge in [0.2, 0.25) is 0 Å². The second-order valence-electron chi connectivity index (χ2n) is 4.18. The molecule has 1 unspecified atom stereocenters. The summed E-state index contributed by atoms with van der Waals surface area (Å²) in [6, 6.07) is 7.19. The number of hydrogen-bond donors (Lipinski definition) is 2. The molecule has 4 nitrogen and oxygen atoms in total. The molecule has 17 heavy (non-hydrogen) atoms. The molecule has 0 spiro atoms. The second kappa shape index (κ2) is 6.25. The summed E-state index contributed by atoms with van der Waals surface area (Å²) in [5.74, 6) is -0.632. The molecule has 0 radical (unpaired) electrons. The highest BCUT2D eigenvalue weighted by molar-refractivity contribution is 5.69. The van der Waals surface area contributed by atoms with Crippen molar-refractivity contribution < 1.29 is 15.0 Å². The van der Waals surface area contributed by atoms with Crippen LogP contribution in [-0.2, 0) is 11.3 Å². The molecule has 0 fully saturated rings. The van der Waals surface area contributed by atoms with E-state index in [2.05, 4.69) is 0 Å². The first kappa shape index (κ1) is 13.5. The Morgan fingerprint density at radius 1 is 1.41 bits per heavy atom. The predicted octanol–water partition coefficient (Wildman–Crippen LogP) is 2.08. The molecule has 0 saturated heterocycles. The first-order chi connectivity index (χ1) is 8.04. The lowest BCUT2D eigenvalue weighted by Gasteiger charge is -2.26. The number of aromatic hydroxyl groups is 1. The van der Waals surface area contributed by atoms with Gasteiger partial charge in [-0.2, -0.15) is 0 Å². The highest BCUT2D eigenvalue weighted by Crippen LogP contribution is 2.19. The average Bonchev–Trinajstić information content (AvgIpc) is 2.29. The van der Waals surface area contributed by atoms with Crippen LogP contribution in [0.5, 0.6) is 5.75 Å². The number of carboxylic acid groups (broad SMARTS) is 1. The van der Waals surface area contributed by atoms with E-state index in [0.29, 0.717) is 6.54 Å². The molecule has 1 atom stereocenters. The Morgan fingerprint density at radius 2 is 2.06 bits per heavy atom. The molecule has 0 heterocycles. The minimum Gasteiger partial charge on any atom is -0.508 e. The zero-order valence-corrected chi connectivity index (χ0v) is 10.3. The molecule has 1 rings (SSSR count). The highest BCUT2D eigenvalue weighted by atomic mass is 16.4. The van der Waals surface area contributed by atoms with E-state index in [4.69, 9.17) is 5.11 Å². The van der Waals surface area contributed by atoms with Gasteiger partial charge in [0.15, 0.2) is 0 Å². The second-order valence-corrected chi connectivity index (χ2v) is 4.18. The fourth-order valence-electron chi connectivity index (χ4n) is 1.66. The average molecular weight is 237 g/mol. The van der Waals surface area contributed by atoms with Crippen LogP contribution in [0.1, 0.15) is 25.8 Å². The van der Waals surface area contributed by atoms with E-state index in [1.54, 1.807) is 12.1 Å². The molecule has 4 heteroatoms. The molecule has 0 saturated carbocycles. The van der Waals surface area contributed by atoms with Crippen LogP contribution in [0.2, 0.25) is 0 Å². The fourth-order valence-corrected chi connectivity index (χ4v) is 1.66. The molecule has 0 amide bonds. The number of carbonyl (C=O) groups is 1. The Labute approximate surface area is 101 Å². The van der Waals surface area contributed by atoms with E-state index in [-0.39, 0.29) is 18.3 Å². The van der Waals surface area contributed by atoms with Crippen molar-refractivity contribution in [1.82, 2.24) is 4.90 Å². The summed E-state index contributed by atoms with van der Waals surface area (Å²) in [5, 5.41) is 18.5. The number of carboxylic acids is 1. The summed E-state index contributed by atoms with van der Waals surface area (Å²) in [4.78, 5) is 12.6. The fraction of sp³-hybridized carbons (Fsp3) is 0.462. The van der Waals surface area contributed by atoms with E-state index in [0.717, 1.165) is 12.0 Å². The Kier molecular flexibility index (Phi) is 4.97. The van der Waals surface area contributed by atoms with Gasteiger partial charge in [-0.25, -0.2) is 0 Å². The number of aliphatic carboxylic acids is 1. The lowest BCUT2D eigenvalue weighted by Crippen LogP contribution is -2.36. The molecule has 1 aromatic rings. The third-order valence-electron chi connectivity index (χ3n) is 2.92. The predicted molar refractivity (Wildman–Crippen MR) is 65.9 cm³/mol. The zero-order chi connectivity index (χ0) is 12.8. The molecule has 94 valence electrons. The van der Waals surface area contributed by atoms with Crippen LogP contribution >= 0.6 is 0 Å². The largest absolute Gasteiger partial charge is 0.508 e. The summed E-state index contributed by atoms with van der Waals surface area (Å²) >= 11 is 0. The van der Waals surface area contributed by atoms with Crippen molar-refractivity contribution in [3.63, 3.8) is 0 Å². The van der Waals surface area contributed by atoms with Crippen LogP contribution in [0.4, 0.5) is 0 Å². The van der Waals surface area contributed by atoms with Gasteiger partial charge in [0.1, 0.15) is 5.75 Å². The van der Waals surface area contributed by atoms with Crippen molar-refractivity contribution in [2.24, 2.45) is 0 Å². The van der Waals surface area contributed by atoms with E-state index in [1.807, 2.05) is 30.9 Å². The van der Waals surface area contributed by atoms with Crippen LogP contribution in [-0.4, -0.2) is 33.7 Å². The Balaban J connectivity index is 2.79. The Hall–Kier alpha value is -1.55. The van der Waals surface area contributed by atoms with Gasteiger partial charge in [-0.05, 0) is 19.4 Å². The Morgan fingerprint density at radius 3 is 2.59 bits per heavy atom. The van der Waals surface area contributed by atoms with Crippen molar-refractivity contribution in [2.45, 2.75) is 32.9 Å². The first-order valence-electron chi connectivity index (χ1n) is 5.77. The zero-order valence-electron chi connectivity index (χ0n) is 10.3. The minimum atomic E-state index is -0.847. The van der Waals surface area contributed by atoms with Gasteiger partial charge < -0.3 is 10.2 Å². The number of rotatable bonds is 6. The third kappa shape index (κ3) is 4.07. The molecule has 0 aliphatic heterocycles. The number of phenolic OH excluding ortho intramolecular Hbond substituents is 1. The van der Waals surface area contributed by atoms with Gasteiger partial charge in [-0.3, -0.25) is 9.69 Å². The van der Waals surface area contributed by atoms with Crippen LogP contribution in [0.25, 0.3) is 0 Å². The van der Waals surface area contributed by atoms with E-state index in [9.17, 15) is 9.90 Å². The Bertz CT molecular complexity index is 379. The maximum Gasteiger partial charge on any atom is 0.317 e. The van der Waals surface area contributed by atoms with E-state index in [1.165, 1.54) is 0 Å². The number of para-hydroxylation sites is 1. The summed E-state index contributed by atoms with van der Waals surface area (Å²) in [5.41, 5.74) is 0.758. The number of phenols is 1. The maximum atomic E-state index is 10.8. The number of nitrogens with zero attached hydrogens (tertiary/aromatic N) is 1. The van der Waals surface area contributed by atoms with Gasteiger partial charge >= 0.3 is 5.97 Å². The summed E-state index contributed by atoms with van der Waals surface area (Å²) in [6.07, 6.45) is 0.876. The van der Waals surface area contributed by atoms with Crippen LogP contribution < -0.4 is 0 Å².